The molecule has 0 saturated heterocycles. The lowest BCUT2D eigenvalue weighted by Crippen LogP contribution is -2.36. The molecule has 0 fully saturated rings. The van der Waals surface area contributed by atoms with Gasteiger partial charge in [0, 0.05) is 28.0 Å². The maximum absolute atomic E-state index is 6.69. The van der Waals surface area contributed by atoms with Gasteiger partial charge in [0.05, 0.1) is 33.3 Å². The van der Waals surface area contributed by atoms with Gasteiger partial charge in [-0.1, -0.05) is 188 Å². The smallest absolute Gasteiger partial charge is 0.137 e. The van der Waals surface area contributed by atoms with Gasteiger partial charge in [-0.15, -0.1) is 0 Å². The van der Waals surface area contributed by atoms with Crippen molar-refractivity contribution in [3.05, 3.63) is 299 Å². The van der Waals surface area contributed by atoms with Crippen LogP contribution in [0.2, 0.25) is 0 Å². The number of benzene rings is 11. The average molecular weight is 903 g/mol. The molecule has 330 valence electrons. The molecule has 0 saturated carbocycles. The third kappa shape index (κ3) is 4.87. The number of fused-ring (bicyclic) bond motifs is 18. The topological polar surface area (TPSA) is 19.6 Å². The molecule has 0 bridgehead atoms. The minimum atomic E-state index is -0.624. The molecule has 0 radical (unpaired) electrons. The van der Waals surface area contributed by atoms with E-state index >= 15 is 0 Å². The lowest BCUT2D eigenvalue weighted by Gasteiger charge is -2.44. The van der Waals surface area contributed by atoms with Crippen LogP contribution in [0, 0.1) is 0 Å². The number of hydrogen-bond acceptors (Lipinski definition) is 3. The van der Waals surface area contributed by atoms with E-state index in [4.69, 9.17) is 4.42 Å². The summed E-state index contributed by atoms with van der Waals surface area (Å²) < 4.78 is 6.69. The maximum Gasteiger partial charge on any atom is 0.137 e. The summed E-state index contributed by atoms with van der Waals surface area (Å²) in [5, 5.41) is 2.18. The highest BCUT2D eigenvalue weighted by Gasteiger charge is 2.54. The summed E-state index contributed by atoms with van der Waals surface area (Å²) in [7, 11) is 0. The third-order valence-corrected chi connectivity index (χ3v) is 16.2. The zero-order valence-corrected chi connectivity index (χ0v) is 38.6. The van der Waals surface area contributed by atoms with Crippen molar-refractivity contribution in [2.24, 2.45) is 0 Å². The van der Waals surface area contributed by atoms with Gasteiger partial charge in [0.15, 0.2) is 0 Å². The monoisotopic (exact) mass is 902 g/mol. The van der Waals surface area contributed by atoms with Crippen LogP contribution in [0.1, 0.15) is 44.5 Å². The molecule has 16 rings (SSSR count). The fraction of sp³-hybridized carbons (Fsp3) is 0.0294. The Morgan fingerprint density at radius 2 is 0.831 bits per heavy atom. The normalized spacial score (nSPS) is 15.7. The van der Waals surface area contributed by atoms with E-state index in [2.05, 4.69) is 265 Å². The molecule has 1 atom stereocenters. The SMILES string of the molecule is c1ccc(N2c3ccccc3C3(c4ccccc4)c4cc(N(c5ccc6c(c5)C5(c7ccccc7-c7ccccc75)c5ccccc5-6)c5cccc6oc7ccccc7c56)ccc4-c4cccc2c43)cc1. The van der Waals surface area contributed by atoms with Crippen molar-refractivity contribution >= 4 is 56.1 Å². The van der Waals surface area contributed by atoms with E-state index < -0.39 is 10.8 Å². The van der Waals surface area contributed by atoms with Crippen LogP contribution in [-0.4, -0.2) is 0 Å². The zero-order chi connectivity index (χ0) is 46.4. The lowest BCUT2D eigenvalue weighted by molar-refractivity contribution is 0.669. The molecule has 0 amide bonds. The zero-order valence-electron chi connectivity index (χ0n) is 38.6. The van der Waals surface area contributed by atoms with E-state index in [9.17, 15) is 0 Å². The Hall–Kier alpha value is -9.18. The first kappa shape index (κ1) is 38.8. The fourth-order valence-electron chi connectivity index (χ4n) is 13.7. The first-order valence-corrected chi connectivity index (χ1v) is 24.7. The number of nitrogens with zero attached hydrogens (tertiary/aromatic N) is 2. The van der Waals surface area contributed by atoms with E-state index in [0.717, 1.165) is 44.7 Å². The summed E-state index contributed by atoms with van der Waals surface area (Å²) in [5.74, 6) is 0. The fourth-order valence-corrected chi connectivity index (χ4v) is 13.7. The van der Waals surface area contributed by atoms with Crippen molar-refractivity contribution in [1.82, 2.24) is 0 Å². The van der Waals surface area contributed by atoms with Crippen molar-refractivity contribution < 1.29 is 4.42 Å². The first-order chi connectivity index (χ1) is 35.2. The second-order valence-electron chi connectivity index (χ2n) is 19.4. The van der Waals surface area contributed by atoms with E-state index in [1.807, 2.05) is 0 Å². The van der Waals surface area contributed by atoms with Crippen LogP contribution in [0.4, 0.5) is 34.1 Å². The third-order valence-electron chi connectivity index (χ3n) is 16.2. The van der Waals surface area contributed by atoms with Crippen LogP contribution in [0.25, 0.3) is 55.3 Å². The number of furan rings is 1. The Balaban J connectivity index is 1.00. The van der Waals surface area contributed by atoms with Gasteiger partial charge >= 0.3 is 0 Å². The summed E-state index contributed by atoms with van der Waals surface area (Å²) >= 11 is 0. The summed E-state index contributed by atoms with van der Waals surface area (Å²) in [6.07, 6.45) is 0. The second kappa shape index (κ2) is 14.2. The van der Waals surface area contributed by atoms with Gasteiger partial charge in [-0.25, -0.2) is 0 Å². The predicted octanol–water partition coefficient (Wildman–Crippen LogP) is 17.5. The van der Waals surface area contributed by atoms with E-state index in [-0.39, 0.29) is 0 Å². The Morgan fingerprint density at radius 1 is 0.338 bits per heavy atom. The molecule has 3 heteroatoms. The van der Waals surface area contributed by atoms with Crippen molar-refractivity contribution in [2.75, 3.05) is 9.80 Å². The number of anilines is 6. The predicted molar refractivity (Wildman–Crippen MR) is 290 cm³/mol. The van der Waals surface area contributed by atoms with Crippen molar-refractivity contribution in [1.29, 1.82) is 0 Å². The van der Waals surface area contributed by atoms with Gasteiger partial charge in [-0.3, -0.25) is 0 Å². The maximum atomic E-state index is 6.69. The van der Waals surface area contributed by atoms with Crippen molar-refractivity contribution in [3.8, 4) is 33.4 Å². The van der Waals surface area contributed by atoms with Gasteiger partial charge in [0.1, 0.15) is 11.2 Å². The number of rotatable bonds is 5. The summed E-state index contributed by atoms with van der Waals surface area (Å²) in [6, 6.07) is 94.8. The lowest BCUT2D eigenvalue weighted by atomic mass is 9.65. The van der Waals surface area contributed by atoms with Crippen LogP contribution in [0.15, 0.2) is 259 Å². The van der Waals surface area contributed by atoms with Gasteiger partial charge in [0.2, 0.25) is 0 Å². The average Bonchev–Trinajstić information content (AvgIpc) is 4.16. The molecule has 1 aromatic heterocycles. The largest absolute Gasteiger partial charge is 0.456 e. The van der Waals surface area contributed by atoms with Crippen LogP contribution < -0.4 is 9.80 Å². The molecule has 1 aliphatic heterocycles. The highest BCUT2D eigenvalue weighted by molar-refractivity contribution is 6.14. The van der Waals surface area contributed by atoms with Gasteiger partial charge in [-0.2, -0.15) is 0 Å². The standard InChI is InChI=1S/C68H42N2O/c1-3-19-43(20-4-1)67-57-31-14-15-32-60(57)70(44-21-5-2-6-22-44)62-34-17-27-52(66(62)67)51-40-38-45(41-58(51)67)69(61-33-18-36-64-65(61)53-26-10-16-35-63(53)71-64)46-37-39-50-49-25-9-13-30-56(49)68(59(50)42-46)54-28-11-7-23-47(54)48-24-8-12-29-55(48)68/h1-42H. The minimum absolute atomic E-state index is 0.501. The van der Waals surface area contributed by atoms with E-state index in [1.54, 1.807) is 0 Å². The van der Waals surface area contributed by atoms with Crippen LogP contribution in [-0.2, 0) is 10.8 Å². The van der Waals surface area contributed by atoms with Crippen molar-refractivity contribution in [3.63, 3.8) is 0 Å². The molecule has 11 aromatic carbocycles. The highest BCUT2D eigenvalue weighted by atomic mass is 16.3. The molecular formula is C68H42N2O. The molecule has 4 aliphatic rings. The summed E-state index contributed by atoms with van der Waals surface area (Å²) in [6.45, 7) is 0. The second-order valence-corrected chi connectivity index (χ2v) is 19.4. The van der Waals surface area contributed by atoms with Gasteiger partial charge in [-0.05, 0) is 139 Å². The Kier molecular flexibility index (Phi) is 7.75. The number of para-hydroxylation sites is 3. The molecular weight excluding hydrogens is 861 g/mol. The summed E-state index contributed by atoms with van der Waals surface area (Å²) in [5.41, 5.74) is 25.4. The first-order valence-electron chi connectivity index (χ1n) is 24.7. The highest BCUT2D eigenvalue weighted by Crippen LogP contribution is 2.67. The molecule has 3 nitrogen and oxygen atoms in total. The Bertz CT molecular complexity index is 4140. The summed E-state index contributed by atoms with van der Waals surface area (Å²) in [4.78, 5) is 4.98. The van der Waals surface area contributed by atoms with Crippen molar-refractivity contribution in [2.45, 2.75) is 10.8 Å². The number of hydrogen-bond donors (Lipinski definition) is 0. The molecule has 71 heavy (non-hydrogen) atoms. The van der Waals surface area contributed by atoms with Crippen LogP contribution in [0.3, 0.4) is 0 Å². The van der Waals surface area contributed by atoms with Crippen LogP contribution >= 0.6 is 0 Å². The van der Waals surface area contributed by atoms with Crippen LogP contribution in [0.5, 0.6) is 0 Å². The van der Waals surface area contributed by atoms with Gasteiger partial charge in [0.25, 0.3) is 0 Å². The Morgan fingerprint density at radius 3 is 1.52 bits per heavy atom. The molecule has 2 heterocycles. The van der Waals surface area contributed by atoms with E-state index in [1.165, 1.54) is 89.3 Å². The Labute approximate surface area is 411 Å². The molecule has 3 aliphatic carbocycles. The molecule has 0 N–H and O–H groups in total. The van der Waals surface area contributed by atoms with E-state index in [0.29, 0.717) is 0 Å². The molecule has 12 aromatic rings. The minimum Gasteiger partial charge on any atom is -0.456 e. The molecule has 1 unspecified atom stereocenters. The quantitative estimate of drug-likeness (QED) is 0.172. The van der Waals surface area contributed by atoms with Gasteiger partial charge < -0.3 is 14.2 Å². The molecule has 1 spiro atoms.